The second-order valence-corrected chi connectivity index (χ2v) is 5.43. The second kappa shape index (κ2) is 7.39. The molecule has 0 saturated heterocycles. The molecule has 122 valence electrons. The molecule has 0 aromatic heterocycles. The maximum Gasteiger partial charge on any atom is 0.288 e. The molecule has 1 N–H and O–H groups in total. The first-order valence-electron chi connectivity index (χ1n) is 6.98. The van der Waals surface area contributed by atoms with Crippen LogP contribution in [0.15, 0.2) is 36.4 Å². The van der Waals surface area contributed by atoms with Crippen LogP contribution in [0.1, 0.15) is 16.7 Å². The van der Waals surface area contributed by atoms with E-state index >= 15 is 0 Å². The van der Waals surface area contributed by atoms with Crippen LogP contribution >= 0.6 is 12.2 Å². The Balaban J connectivity index is 2.27. The predicted molar refractivity (Wildman–Crippen MR) is 90.5 cm³/mol. The summed E-state index contributed by atoms with van der Waals surface area (Å²) in [7, 11) is 1.33. The highest BCUT2D eigenvalue weighted by molar-refractivity contribution is 7.80. The van der Waals surface area contributed by atoms with Crippen molar-refractivity contribution in [1.29, 1.82) is 0 Å². The smallest absolute Gasteiger partial charge is 0.288 e. The van der Waals surface area contributed by atoms with Crippen LogP contribution in [0.4, 0.5) is 10.1 Å². The van der Waals surface area contributed by atoms with Gasteiger partial charge in [-0.2, -0.15) is 5.06 Å². The van der Waals surface area contributed by atoms with E-state index in [1.807, 2.05) is 32.0 Å². The highest BCUT2D eigenvalue weighted by Crippen LogP contribution is 2.26. The number of benzene rings is 2. The third-order valence-electron chi connectivity index (χ3n) is 3.37. The number of halogens is 1. The molecule has 0 radical (unpaired) electrons. The Hall–Kier alpha value is -2.18. The SMILES string of the molecule is COC(=S)N(O)c1cccc(F)c1COc1ccc(C)cc1C. The van der Waals surface area contributed by atoms with Gasteiger partial charge in [0.05, 0.1) is 18.4 Å². The van der Waals surface area contributed by atoms with Crippen molar-refractivity contribution >= 4 is 23.1 Å². The first-order chi connectivity index (χ1) is 10.9. The molecule has 2 aromatic rings. The van der Waals surface area contributed by atoms with Crippen molar-refractivity contribution in [1.82, 2.24) is 0 Å². The first kappa shape index (κ1) is 17.2. The fourth-order valence-corrected chi connectivity index (χ4v) is 2.28. The summed E-state index contributed by atoms with van der Waals surface area (Å²) in [5.41, 5.74) is 2.44. The number of methoxy groups -OCH3 is 1. The van der Waals surface area contributed by atoms with E-state index in [9.17, 15) is 9.60 Å². The minimum absolute atomic E-state index is 0.0463. The Kier molecular flexibility index (Phi) is 5.52. The third-order valence-corrected chi connectivity index (χ3v) is 3.71. The molecule has 0 saturated carbocycles. The lowest BCUT2D eigenvalue weighted by atomic mass is 10.1. The predicted octanol–water partition coefficient (Wildman–Crippen LogP) is 4.15. The number of aryl methyl sites for hydroxylation is 2. The van der Waals surface area contributed by atoms with Gasteiger partial charge >= 0.3 is 0 Å². The van der Waals surface area contributed by atoms with Crippen molar-refractivity contribution in [2.45, 2.75) is 20.5 Å². The van der Waals surface area contributed by atoms with Crippen LogP contribution in [0.2, 0.25) is 0 Å². The van der Waals surface area contributed by atoms with Gasteiger partial charge in [-0.05, 0) is 49.8 Å². The van der Waals surface area contributed by atoms with Gasteiger partial charge in [0, 0.05) is 0 Å². The topological polar surface area (TPSA) is 41.9 Å². The molecule has 0 spiro atoms. The third kappa shape index (κ3) is 3.97. The van der Waals surface area contributed by atoms with Crippen molar-refractivity contribution in [2.24, 2.45) is 0 Å². The van der Waals surface area contributed by atoms with Crippen LogP contribution in [0.25, 0.3) is 0 Å². The maximum atomic E-state index is 14.1. The molecule has 0 bridgehead atoms. The Bertz CT molecular complexity index is 721. The van der Waals surface area contributed by atoms with Gasteiger partial charge < -0.3 is 9.47 Å². The average Bonchev–Trinajstić information content (AvgIpc) is 2.53. The number of hydrogen-bond donors (Lipinski definition) is 1. The normalized spacial score (nSPS) is 10.3. The molecule has 0 aliphatic rings. The van der Waals surface area contributed by atoms with Crippen LogP contribution in [-0.4, -0.2) is 17.5 Å². The largest absolute Gasteiger partial charge is 0.488 e. The van der Waals surface area contributed by atoms with Crippen molar-refractivity contribution in [3.63, 3.8) is 0 Å². The van der Waals surface area contributed by atoms with Gasteiger partial charge in [0.15, 0.2) is 0 Å². The number of hydrogen-bond acceptors (Lipinski definition) is 4. The van der Waals surface area contributed by atoms with Gasteiger partial charge in [0.2, 0.25) is 0 Å². The molecule has 0 aliphatic heterocycles. The Morgan fingerprint density at radius 2 is 2.00 bits per heavy atom. The number of hydroxylamine groups is 1. The van der Waals surface area contributed by atoms with Gasteiger partial charge in [-0.15, -0.1) is 0 Å². The Morgan fingerprint density at radius 1 is 1.26 bits per heavy atom. The minimum Gasteiger partial charge on any atom is -0.488 e. The monoisotopic (exact) mass is 335 g/mol. The van der Waals surface area contributed by atoms with Crippen molar-refractivity contribution in [3.8, 4) is 5.75 Å². The highest BCUT2D eigenvalue weighted by atomic mass is 32.1. The standard InChI is InChI=1S/C17H18FNO3S/c1-11-7-8-16(12(2)9-11)22-10-13-14(18)5-4-6-15(13)19(20)17(23)21-3/h4-9,20H,10H2,1-3H3. The zero-order valence-electron chi connectivity index (χ0n) is 13.2. The quantitative estimate of drug-likeness (QED) is 0.671. The van der Waals surface area contributed by atoms with Crippen LogP contribution in [0.3, 0.4) is 0 Å². The van der Waals surface area contributed by atoms with E-state index in [0.717, 1.165) is 11.1 Å². The molecule has 0 aliphatic carbocycles. The second-order valence-electron chi connectivity index (χ2n) is 5.08. The molecule has 0 atom stereocenters. The van der Waals surface area contributed by atoms with E-state index in [1.165, 1.54) is 25.3 Å². The van der Waals surface area contributed by atoms with E-state index in [0.29, 0.717) is 10.8 Å². The van der Waals surface area contributed by atoms with Gasteiger partial charge in [0.25, 0.3) is 5.17 Å². The van der Waals surface area contributed by atoms with Crippen LogP contribution in [0.5, 0.6) is 5.75 Å². The van der Waals surface area contributed by atoms with E-state index < -0.39 is 5.82 Å². The van der Waals surface area contributed by atoms with Crippen LogP contribution < -0.4 is 9.80 Å². The summed E-state index contributed by atoms with van der Waals surface area (Å²) in [6.45, 7) is 3.86. The molecule has 0 fully saturated rings. The molecule has 23 heavy (non-hydrogen) atoms. The van der Waals surface area contributed by atoms with E-state index in [2.05, 4.69) is 0 Å². The molecular formula is C17H18FNO3S. The highest BCUT2D eigenvalue weighted by Gasteiger charge is 2.18. The van der Waals surface area contributed by atoms with Gasteiger partial charge in [-0.1, -0.05) is 23.8 Å². The van der Waals surface area contributed by atoms with E-state index in [4.69, 9.17) is 21.7 Å². The Labute approximate surface area is 140 Å². The number of thiocarbonyl (C=S) groups is 1. The van der Waals surface area contributed by atoms with Crippen LogP contribution in [-0.2, 0) is 11.3 Å². The lowest BCUT2D eigenvalue weighted by Gasteiger charge is -2.20. The summed E-state index contributed by atoms with van der Waals surface area (Å²) >= 11 is 4.87. The molecule has 2 aromatic carbocycles. The van der Waals surface area contributed by atoms with E-state index in [1.54, 1.807) is 0 Å². The van der Waals surface area contributed by atoms with Gasteiger partial charge in [-0.25, -0.2) is 4.39 Å². The average molecular weight is 335 g/mol. The van der Waals surface area contributed by atoms with Crippen molar-refractivity contribution in [2.75, 3.05) is 12.2 Å². The van der Waals surface area contributed by atoms with Crippen molar-refractivity contribution < 1.29 is 19.1 Å². The molecule has 6 heteroatoms. The first-order valence-corrected chi connectivity index (χ1v) is 7.39. The fourth-order valence-electron chi connectivity index (χ4n) is 2.18. The summed E-state index contributed by atoms with van der Waals surface area (Å²) in [5, 5.41) is 10.5. The van der Waals surface area contributed by atoms with E-state index in [-0.39, 0.29) is 23.0 Å². The molecule has 2 rings (SSSR count). The summed E-state index contributed by atoms with van der Waals surface area (Å²) in [6.07, 6.45) is 0. The zero-order valence-corrected chi connectivity index (χ0v) is 14.0. The fraction of sp³-hybridized carbons (Fsp3) is 0.235. The lowest BCUT2D eigenvalue weighted by Crippen LogP contribution is -2.28. The molecule has 0 unspecified atom stereocenters. The lowest BCUT2D eigenvalue weighted by molar-refractivity contribution is 0.262. The zero-order chi connectivity index (χ0) is 17.0. The molecular weight excluding hydrogens is 317 g/mol. The molecule has 4 nitrogen and oxygen atoms in total. The minimum atomic E-state index is -0.495. The molecule has 0 heterocycles. The summed E-state index contributed by atoms with van der Waals surface area (Å²) in [6, 6.07) is 10.1. The number of nitrogens with zero attached hydrogens (tertiary/aromatic N) is 1. The summed E-state index contributed by atoms with van der Waals surface area (Å²) in [4.78, 5) is 0. The van der Waals surface area contributed by atoms with Crippen molar-refractivity contribution in [3.05, 3.63) is 58.9 Å². The molecule has 0 amide bonds. The van der Waals surface area contributed by atoms with Gasteiger partial charge in [0.1, 0.15) is 18.2 Å². The number of anilines is 1. The number of ether oxygens (including phenoxy) is 2. The number of rotatable bonds is 4. The van der Waals surface area contributed by atoms with Gasteiger partial charge in [-0.3, -0.25) is 5.21 Å². The van der Waals surface area contributed by atoms with Crippen LogP contribution in [0, 0.1) is 19.7 Å². The summed E-state index contributed by atoms with van der Waals surface area (Å²) in [5.74, 6) is 0.161. The Morgan fingerprint density at radius 3 is 2.65 bits per heavy atom. The maximum absolute atomic E-state index is 14.1. The summed E-state index contributed by atoms with van der Waals surface area (Å²) < 4.78 is 24.6.